The van der Waals surface area contributed by atoms with Crippen LogP contribution < -0.4 is 10.1 Å². The molecule has 0 aromatic heterocycles. The van der Waals surface area contributed by atoms with Crippen molar-refractivity contribution in [3.8, 4) is 5.75 Å². The molecule has 0 heterocycles. The smallest absolute Gasteiger partial charge is 0.269 e. The van der Waals surface area contributed by atoms with E-state index in [0.29, 0.717) is 22.0 Å². The number of hydrogen-bond acceptors (Lipinski definition) is 5. The summed E-state index contributed by atoms with van der Waals surface area (Å²) in [5.41, 5.74) is 2.15. The second kappa shape index (κ2) is 9.21. The standard InChI is InChI=1S/C22H19ClN2O4/c1-29-20-12-4-16(5-13-20)22(26)14-21(15-2-6-17(23)7-3-15)24-18-8-10-19(11-9-18)25(27)28/h2-13,21,24H,14H2,1H3/t21-/m0/s1. The summed E-state index contributed by atoms with van der Waals surface area (Å²) in [5, 5.41) is 14.7. The number of hydrogen-bond donors (Lipinski definition) is 1. The topological polar surface area (TPSA) is 81.5 Å². The Morgan fingerprint density at radius 2 is 1.66 bits per heavy atom. The fraction of sp³-hybridized carbons (Fsp3) is 0.136. The molecular weight excluding hydrogens is 392 g/mol. The largest absolute Gasteiger partial charge is 0.497 e. The maximum atomic E-state index is 12.8. The van der Waals surface area contributed by atoms with Crippen LogP contribution in [0.15, 0.2) is 72.8 Å². The maximum Gasteiger partial charge on any atom is 0.269 e. The number of benzene rings is 3. The average Bonchev–Trinajstić information content (AvgIpc) is 2.74. The number of Topliss-reactive ketones (excluding diaryl/α,β-unsaturated/α-hetero) is 1. The molecule has 0 aliphatic heterocycles. The third-order valence-corrected chi connectivity index (χ3v) is 4.74. The Morgan fingerprint density at radius 1 is 1.03 bits per heavy atom. The van der Waals surface area contributed by atoms with Crippen molar-refractivity contribution in [2.75, 3.05) is 12.4 Å². The Hall–Kier alpha value is -3.38. The lowest BCUT2D eigenvalue weighted by Gasteiger charge is -2.20. The van der Waals surface area contributed by atoms with Crippen molar-refractivity contribution in [3.05, 3.63) is 99.1 Å². The third-order valence-electron chi connectivity index (χ3n) is 4.49. The molecule has 0 fully saturated rings. The van der Waals surface area contributed by atoms with Gasteiger partial charge in [-0.25, -0.2) is 0 Å². The second-order valence-electron chi connectivity index (χ2n) is 6.41. The molecule has 0 radical (unpaired) electrons. The molecule has 3 rings (SSSR count). The van der Waals surface area contributed by atoms with Crippen LogP contribution in [0.1, 0.15) is 28.4 Å². The van der Waals surface area contributed by atoms with E-state index in [0.717, 1.165) is 5.56 Å². The summed E-state index contributed by atoms with van der Waals surface area (Å²) in [6.07, 6.45) is 0.199. The molecule has 29 heavy (non-hydrogen) atoms. The van der Waals surface area contributed by atoms with E-state index in [1.807, 2.05) is 12.1 Å². The van der Waals surface area contributed by atoms with Crippen LogP contribution >= 0.6 is 11.6 Å². The zero-order valence-electron chi connectivity index (χ0n) is 15.7. The first-order valence-corrected chi connectivity index (χ1v) is 9.28. The Bertz CT molecular complexity index is 987. The molecule has 0 aliphatic carbocycles. The molecule has 0 bridgehead atoms. The predicted octanol–water partition coefficient (Wildman–Crippen LogP) is 5.68. The number of anilines is 1. The maximum absolute atomic E-state index is 12.8. The minimum Gasteiger partial charge on any atom is -0.497 e. The van der Waals surface area contributed by atoms with Crippen molar-refractivity contribution in [1.82, 2.24) is 0 Å². The van der Waals surface area contributed by atoms with Gasteiger partial charge >= 0.3 is 0 Å². The van der Waals surface area contributed by atoms with Crippen LogP contribution in [0.5, 0.6) is 5.75 Å². The molecule has 6 nitrogen and oxygen atoms in total. The van der Waals surface area contributed by atoms with Gasteiger partial charge in [-0.2, -0.15) is 0 Å². The molecule has 0 unspecified atom stereocenters. The monoisotopic (exact) mass is 410 g/mol. The van der Waals surface area contributed by atoms with Crippen molar-refractivity contribution in [1.29, 1.82) is 0 Å². The number of nitrogens with zero attached hydrogens (tertiary/aromatic N) is 1. The third kappa shape index (κ3) is 5.33. The molecule has 0 aliphatic rings. The molecule has 1 N–H and O–H groups in total. The fourth-order valence-corrected chi connectivity index (χ4v) is 3.03. The van der Waals surface area contributed by atoms with Gasteiger partial charge in [0, 0.05) is 34.8 Å². The van der Waals surface area contributed by atoms with Gasteiger partial charge in [-0.05, 0) is 54.1 Å². The van der Waals surface area contributed by atoms with Crippen molar-refractivity contribution in [2.24, 2.45) is 0 Å². The van der Waals surface area contributed by atoms with Crippen LogP contribution in [0.25, 0.3) is 0 Å². The van der Waals surface area contributed by atoms with Crippen molar-refractivity contribution >= 4 is 28.8 Å². The highest BCUT2D eigenvalue weighted by Gasteiger charge is 2.18. The van der Waals surface area contributed by atoms with E-state index in [1.165, 1.54) is 12.1 Å². The van der Waals surface area contributed by atoms with E-state index < -0.39 is 4.92 Å². The van der Waals surface area contributed by atoms with Gasteiger partial charge < -0.3 is 10.1 Å². The van der Waals surface area contributed by atoms with Crippen molar-refractivity contribution in [3.63, 3.8) is 0 Å². The van der Waals surface area contributed by atoms with Gasteiger partial charge in [0.25, 0.3) is 5.69 Å². The number of ketones is 1. The summed E-state index contributed by atoms with van der Waals surface area (Å²) >= 11 is 5.99. The highest BCUT2D eigenvalue weighted by atomic mass is 35.5. The second-order valence-corrected chi connectivity index (χ2v) is 6.84. The Kier molecular flexibility index (Phi) is 6.46. The van der Waals surface area contributed by atoms with Gasteiger partial charge in [0.15, 0.2) is 5.78 Å². The quantitative estimate of drug-likeness (QED) is 0.293. The number of nitro benzene ring substituents is 1. The van der Waals surface area contributed by atoms with E-state index in [9.17, 15) is 14.9 Å². The molecule has 3 aromatic rings. The van der Waals surface area contributed by atoms with E-state index in [1.54, 1.807) is 55.6 Å². The first-order chi connectivity index (χ1) is 14.0. The predicted molar refractivity (Wildman–Crippen MR) is 113 cm³/mol. The number of methoxy groups -OCH3 is 1. The first-order valence-electron chi connectivity index (χ1n) is 8.90. The van der Waals surface area contributed by atoms with Crippen molar-refractivity contribution in [2.45, 2.75) is 12.5 Å². The van der Waals surface area contributed by atoms with Gasteiger partial charge in [0.05, 0.1) is 18.1 Å². The van der Waals surface area contributed by atoms with E-state index in [2.05, 4.69) is 5.32 Å². The molecule has 0 saturated carbocycles. The average molecular weight is 411 g/mol. The summed E-state index contributed by atoms with van der Waals surface area (Å²) in [5.74, 6) is 0.641. The zero-order chi connectivity index (χ0) is 20.8. The highest BCUT2D eigenvalue weighted by molar-refractivity contribution is 6.30. The molecule has 3 aromatic carbocycles. The Morgan fingerprint density at radius 3 is 2.21 bits per heavy atom. The lowest BCUT2D eigenvalue weighted by molar-refractivity contribution is -0.384. The van der Waals surface area contributed by atoms with Crippen LogP contribution in [0, 0.1) is 10.1 Å². The molecule has 7 heteroatoms. The Balaban J connectivity index is 1.83. The van der Waals surface area contributed by atoms with Crippen LogP contribution in [0.4, 0.5) is 11.4 Å². The summed E-state index contributed by atoms with van der Waals surface area (Å²) in [6.45, 7) is 0. The normalized spacial score (nSPS) is 11.5. The van der Waals surface area contributed by atoms with E-state index in [4.69, 9.17) is 16.3 Å². The van der Waals surface area contributed by atoms with Crippen LogP contribution in [0.2, 0.25) is 5.02 Å². The van der Waals surface area contributed by atoms with Gasteiger partial charge in [-0.1, -0.05) is 23.7 Å². The van der Waals surface area contributed by atoms with Crippen LogP contribution in [0.3, 0.4) is 0 Å². The Labute approximate surface area is 173 Å². The first kappa shape index (κ1) is 20.4. The lowest BCUT2D eigenvalue weighted by Crippen LogP contribution is -2.16. The summed E-state index contributed by atoms with van der Waals surface area (Å²) < 4.78 is 5.13. The SMILES string of the molecule is COc1ccc(C(=O)C[C@H](Nc2ccc([N+](=O)[O-])cc2)c2ccc(Cl)cc2)cc1. The number of nitrogens with one attached hydrogen (secondary N) is 1. The summed E-state index contributed by atoms with van der Waals surface area (Å²) in [7, 11) is 1.57. The number of rotatable bonds is 8. The fourth-order valence-electron chi connectivity index (χ4n) is 2.91. The molecule has 0 spiro atoms. The molecule has 0 amide bonds. The molecule has 0 saturated heterocycles. The summed E-state index contributed by atoms with van der Waals surface area (Å²) in [4.78, 5) is 23.2. The van der Waals surface area contributed by atoms with Gasteiger partial charge in [0.1, 0.15) is 5.75 Å². The molecule has 148 valence electrons. The van der Waals surface area contributed by atoms with Gasteiger partial charge in [-0.15, -0.1) is 0 Å². The lowest BCUT2D eigenvalue weighted by atomic mass is 9.97. The van der Waals surface area contributed by atoms with Crippen LogP contribution in [-0.4, -0.2) is 17.8 Å². The minimum atomic E-state index is -0.451. The van der Waals surface area contributed by atoms with Crippen LogP contribution in [-0.2, 0) is 0 Å². The highest BCUT2D eigenvalue weighted by Crippen LogP contribution is 2.27. The number of halogens is 1. The number of carbonyl (C=O) groups excluding carboxylic acids is 1. The number of carbonyl (C=O) groups is 1. The number of non-ortho nitro benzene ring substituents is 1. The van der Waals surface area contributed by atoms with Gasteiger partial charge in [-0.3, -0.25) is 14.9 Å². The molecular formula is C22H19ClN2O4. The number of nitro groups is 1. The molecule has 1 atom stereocenters. The van der Waals surface area contributed by atoms with Gasteiger partial charge in [0.2, 0.25) is 0 Å². The van der Waals surface area contributed by atoms with Crippen molar-refractivity contribution < 1.29 is 14.5 Å². The van der Waals surface area contributed by atoms with E-state index in [-0.39, 0.29) is 23.9 Å². The number of ether oxygens (including phenoxy) is 1. The zero-order valence-corrected chi connectivity index (χ0v) is 16.4. The van der Waals surface area contributed by atoms with E-state index >= 15 is 0 Å². The summed E-state index contributed by atoms with van der Waals surface area (Å²) in [6, 6.07) is 19.9. The minimum absolute atomic E-state index is 0.00732.